The second kappa shape index (κ2) is 9.29. The van der Waals surface area contributed by atoms with Crippen LogP contribution in [0.15, 0.2) is 29.3 Å². The first kappa shape index (κ1) is 15.4. The van der Waals surface area contributed by atoms with Gasteiger partial charge in [0.25, 0.3) is 0 Å². The molecule has 0 fully saturated rings. The van der Waals surface area contributed by atoms with Gasteiger partial charge in [-0.05, 0) is 31.4 Å². The molecule has 3 nitrogen and oxygen atoms in total. The van der Waals surface area contributed by atoms with Crippen LogP contribution in [0.1, 0.15) is 18.9 Å². The van der Waals surface area contributed by atoms with Gasteiger partial charge in [0.2, 0.25) is 0 Å². The summed E-state index contributed by atoms with van der Waals surface area (Å²) in [6.45, 7) is 4.07. The number of aliphatic imine (C=N–C) groups is 1. The monoisotopic (exact) mass is 277 g/mol. The van der Waals surface area contributed by atoms with E-state index in [0.717, 1.165) is 36.9 Å². The largest absolute Gasteiger partial charge is 0.357 e. The zero-order chi connectivity index (χ0) is 13.9. The second-order valence-corrected chi connectivity index (χ2v) is 4.42. The Morgan fingerprint density at radius 3 is 2.84 bits per heavy atom. The van der Waals surface area contributed by atoms with Crippen LogP contribution in [0.5, 0.6) is 0 Å². The number of aryl methyl sites for hydroxylation is 1. The average Bonchev–Trinajstić information content (AvgIpc) is 2.42. The standard InChI is InChI=1S/C15H20ClN3/c1-3-11-18-15(17-4-2)19-12-7-9-13-8-5-6-10-14(13)16/h1,5-6,8,10H,4,7,9,11-12H2,2H3,(H2,17,18,19). The lowest BCUT2D eigenvalue weighted by Gasteiger charge is -2.08. The van der Waals surface area contributed by atoms with Crippen LogP contribution in [0.25, 0.3) is 0 Å². The maximum atomic E-state index is 6.10. The summed E-state index contributed by atoms with van der Waals surface area (Å²) < 4.78 is 0. The number of hydrogen-bond acceptors (Lipinski definition) is 1. The molecule has 0 saturated heterocycles. The first-order chi connectivity index (χ1) is 9.27. The third kappa shape index (κ3) is 6.17. The highest BCUT2D eigenvalue weighted by atomic mass is 35.5. The van der Waals surface area contributed by atoms with Crippen LogP contribution >= 0.6 is 11.6 Å². The smallest absolute Gasteiger partial charge is 0.192 e. The van der Waals surface area contributed by atoms with Crippen LogP contribution in [0.4, 0.5) is 0 Å². The van der Waals surface area contributed by atoms with Gasteiger partial charge in [-0.2, -0.15) is 0 Å². The van der Waals surface area contributed by atoms with Crippen LogP contribution in [-0.4, -0.2) is 25.6 Å². The minimum Gasteiger partial charge on any atom is -0.357 e. The number of guanidine groups is 1. The van der Waals surface area contributed by atoms with E-state index < -0.39 is 0 Å². The van der Waals surface area contributed by atoms with Crippen LogP contribution in [0, 0.1) is 12.3 Å². The van der Waals surface area contributed by atoms with Crippen LogP contribution in [-0.2, 0) is 6.42 Å². The van der Waals surface area contributed by atoms with Crippen LogP contribution < -0.4 is 10.6 Å². The van der Waals surface area contributed by atoms with Gasteiger partial charge in [0.15, 0.2) is 5.96 Å². The van der Waals surface area contributed by atoms with Gasteiger partial charge < -0.3 is 10.6 Å². The average molecular weight is 278 g/mol. The zero-order valence-electron chi connectivity index (χ0n) is 11.2. The molecule has 0 spiro atoms. The van der Waals surface area contributed by atoms with E-state index in [1.807, 2.05) is 31.2 Å². The predicted octanol–water partition coefficient (Wildman–Crippen LogP) is 2.46. The van der Waals surface area contributed by atoms with E-state index in [9.17, 15) is 0 Å². The van der Waals surface area contributed by atoms with E-state index in [2.05, 4.69) is 21.5 Å². The highest BCUT2D eigenvalue weighted by Gasteiger charge is 1.99. The number of rotatable bonds is 6. The van der Waals surface area contributed by atoms with Crippen LogP contribution in [0.3, 0.4) is 0 Å². The molecule has 0 aliphatic heterocycles. The molecule has 0 aromatic heterocycles. The molecule has 0 aliphatic rings. The van der Waals surface area contributed by atoms with Crippen molar-refractivity contribution < 1.29 is 0 Å². The van der Waals surface area contributed by atoms with Gasteiger partial charge in [0.1, 0.15) is 0 Å². The van der Waals surface area contributed by atoms with Gasteiger partial charge in [-0.3, -0.25) is 4.99 Å². The van der Waals surface area contributed by atoms with Crippen molar-refractivity contribution in [3.8, 4) is 12.3 Å². The molecule has 19 heavy (non-hydrogen) atoms. The lowest BCUT2D eigenvalue weighted by Crippen LogP contribution is -2.37. The Hall–Kier alpha value is -1.66. The van der Waals surface area contributed by atoms with E-state index >= 15 is 0 Å². The first-order valence-electron chi connectivity index (χ1n) is 6.47. The normalized spacial score (nSPS) is 10.9. The van der Waals surface area contributed by atoms with Crippen molar-refractivity contribution in [2.75, 3.05) is 19.6 Å². The number of nitrogens with zero attached hydrogens (tertiary/aromatic N) is 1. The molecule has 0 unspecified atom stereocenters. The molecule has 1 aromatic carbocycles. The van der Waals surface area contributed by atoms with E-state index in [1.54, 1.807) is 0 Å². The Balaban J connectivity index is 2.38. The third-order valence-corrected chi connectivity index (χ3v) is 2.90. The summed E-state index contributed by atoms with van der Waals surface area (Å²) in [7, 11) is 0. The van der Waals surface area contributed by atoms with E-state index in [1.165, 1.54) is 5.56 Å². The maximum Gasteiger partial charge on any atom is 0.192 e. The molecule has 0 radical (unpaired) electrons. The summed E-state index contributed by atoms with van der Waals surface area (Å²) in [6.07, 6.45) is 7.09. The minimum atomic E-state index is 0.482. The summed E-state index contributed by atoms with van der Waals surface area (Å²) in [5, 5.41) is 7.02. The Labute approximate surface area is 120 Å². The molecule has 1 aromatic rings. The fourth-order valence-electron chi connectivity index (χ4n) is 1.64. The Bertz CT molecular complexity index is 449. The lowest BCUT2D eigenvalue weighted by molar-refractivity contribution is 0.804. The molecule has 1 rings (SSSR count). The molecule has 0 atom stereocenters. The number of terminal acetylenes is 1. The summed E-state index contributed by atoms with van der Waals surface area (Å²) in [4.78, 5) is 4.45. The van der Waals surface area contributed by atoms with Crippen LogP contribution in [0.2, 0.25) is 5.02 Å². The third-order valence-electron chi connectivity index (χ3n) is 2.53. The summed E-state index contributed by atoms with van der Waals surface area (Å²) in [5.74, 6) is 3.29. The molecule has 0 amide bonds. The molecular weight excluding hydrogens is 258 g/mol. The van der Waals surface area contributed by atoms with Crippen molar-refractivity contribution in [1.29, 1.82) is 0 Å². The number of benzene rings is 1. The van der Waals surface area contributed by atoms with Crippen molar-refractivity contribution in [1.82, 2.24) is 10.6 Å². The van der Waals surface area contributed by atoms with Gasteiger partial charge in [0.05, 0.1) is 6.54 Å². The van der Waals surface area contributed by atoms with Gasteiger partial charge in [-0.15, -0.1) is 6.42 Å². The molecule has 0 aliphatic carbocycles. The van der Waals surface area contributed by atoms with E-state index in [4.69, 9.17) is 18.0 Å². The second-order valence-electron chi connectivity index (χ2n) is 4.01. The molecule has 0 saturated carbocycles. The van der Waals surface area contributed by atoms with Crippen molar-refractivity contribution in [3.05, 3.63) is 34.9 Å². The summed E-state index contributed by atoms with van der Waals surface area (Å²) in [5.41, 5.74) is 1.17. The fraction of sp³-hybridized carbons (Fsp3) is 0.400. The van der Waals surface area contributed by atoms with Gasteiger partial charge in [-0.25, -0.2) is 0 Å². The van der Waals surface area contributed by atoms with Crippen molar-refractivity contribution >= 4 is 17.6 Å². The fourth-order valence-corrected chi connectivity index (χ4v) is 1.87. The SMILES string of the molecule is C#CCNC(=NCCCc1ccccc1Cl)NCC. The summed E-state index contributed by atoms with van der Waals surface area (Å²) in [6, 6.07) is 7.91. The zero-order valence-corrected chi connectivity index (χ0v) is 12.0. The van der Waals surface area contributed by atoms with E-state index in [-0.39, 0.29) is 0 Å². The molecule has 0 bridgehead atoms. The number of hydrogen-bond donors (Lipinski definition) is 2. The van der Waals surface area contributed by atoms with Gasteiger partial charge >= 0.3 is 0 Å². The predicted molar refractivity (Wildman–Crippen MR) is 82.6 cm³/mol. The molecule has 0 heterocycles. The molecular formula is C15H20ClN3. The maximum absolute atomic E-state index is 6.10. The quantitative estimate of drug-likeness (QED) is 0.363. The first-order valence-corrected chi connectivity index (χ1v) is 6.84. The van der Waals surface area contributed by atoms with Crippen molar-refractivity contribution in [2.45, 2.75) is 19.8 Å². The summed E-state index contributed by atoms with van der Waals surface area (Å²) >= 11 is 6.10. The van der Waals surface area contributed by atoms with Crippen molar-refractivity contribution in [3.63, 3.8) is 0 Å². The topological polar surface area (TPSA) is 36.4 Å². The lowest BCUT2D eigenvalue weighted by atomic mass is 10.1. The Kier molecular flexibility index (Phi) is 7.53. The van der Waals surface area contributed by atoms with E-state index in [0.29, 0.717) is 6.54 Å². The van der Waals surface area contributed by atoms with Gasteiger partial charge in [-0.1, -0.05) is 35.7 Å². The number of halogens is 1. The molecule has 2 N–H and O–H groups in total. The number of nitrogens with one attached hydrogen (secondary N) is 2. The molecule has 4 heteroatoms. The minimum absolute atomic E-state index is 0.482. The Morgan fingerprint density at radius 1 is 1.37 bits per heavy atom. The Morgan fingerprint density at radius 2 is 2.16 bits per heavy atom. The van der Waals surface area contributed by atoms with Crippen molar-refractivity contribution in [2.24, 2.45) is 4.99 Å². The van der Waals surface area contributed by atoms with Gasteiger partial charge in [0, 0.05) is 18.1 Å². The highest BCUT2D eigenvalue weighted by Crippen LogP contribution is 2.16. The highest BCUT2D eigenvalue weighted by molar-refractivity contribution is 6.31. The molecule has 102 valence electrons.